The molecule has 3 rings (SSSR count). The third-order valence-corrected chi connectivity index (χ3v) is 3.89. The van der Waals surface area contributed by atoms with Gasteiger partial charge < -0.3 is 10.6 Å². The molecule has 114 valence electrons. The zero-order chi connectivity index (χ0) is 15.5. The summed E-state index contributed by atoms with van der Waals surface area (Å²) in [4.78, 5) is 16.2. The SMILES string of the molecule is Cc1ccc(CNC(=O)NC2CCc3ccc(F)cc32)nc1. The number of fused-ring (bicyclic) bond motifs is 1. The molecule has 1 aliphatic rings. The number of carbonyl (C=O) groups is 1. The molecule has 0 saturated heterocycles. The highest BCUT2D eigenvalue weighted by Crippen LogP contribution is 2.31. The quantitative estimate of drug-likeness (QED) is 0.915. The third kappa shape index (κ3) is 3.24. The van der Waals surface area contributed by atoms with Gasteiger partial charge in [-0.1, -0.05) is 12.1 Å². The number of rotatable bonds is 3. The van der Waals surface area contributed by atoms with Crippen molar-refractivity contribution < 1.29 is 9.18 Å². The minimum absolute atomic E-state index is 0.128. The van der Waals surface area contributed by atoms with E-state index in [4.69, 9.17) is 0 Å². The Labute approximate surface area is 128 Å². The summed E-state index contributed by atoms with van der Waals surface area (Å²) in [6.45, 7) is 2.34. The first-order valence-electron chi connectivity index (χ1n) is 7.36. The average molecular weight is 299 g/mol. The first-order valence-corrected chi connectivity index (χ1v) is 7.36. The summed E-state index contributed by atoms with van der Waals surface area (Å²) in [6, 6.07) is 8.22. The lowest BCUT2D eigenvalue weighted by atomic mass is 10.1. The summed E-state index contributed by atoms with van der Waals surface area (Å²) in [6.07, 6.45) is 3.43. The number of aryl methyl sites for hydroxylation is 2. The molecule has 2 amide bonds. The van der Waals surface area contributed by atoms with Crippen LogP contribution in [0.2, 0.25) is 0 Å². The summed E-state index contributed by atoms with van der Waals surface area (Å²) in [7, 11) is 0. The molecule has 0 bridgehead atoms. The van der Waals surface area contributed by atoms with E-state index in [1.54, 1.807) is 12.3 Å². The molecule has 4 nitrogen and oxygen atoms in total. The maximum Gasteiger partial charge on any atom is 0.315 e. The number of aromatic nitrogens is 1. The number of nitrogens with zero attached hydrogens (tertiary/aromatic N) is 1. The predicted molar refractivity (Wildman–Crippen MR) is 81.8 cm³/mol. The Morgan fingerprint density at radius 1 is 1.36 bits per heavy atom. The number of carbonyl (C=O) groups excluding carboxylic acids is 1. The number of pyridine rings is 1. The van der Waals surface area contributed by atoms with E-state index in [1.165, 1.54) is 12.1 Å². The molecular weight excluding hydrogens is 281 g/mol. The smallest absolute Gasteiger partial charge is 0.315 e. The van der Waals surface area contributed by atoms with Crippen LogP contribution in [0.5, 0.6) is 0 Å². The Bertz CT molecular complexity index is 685. The van der Waals surface area contributed by atoms with E-state index in [1.807, 2.05) is 19.1 Å². The molecule has 5 heteroatoms. The van der Waals surface area contributed by atoms with Crippen LogP contribution in [0.4, 0.5) is 9.18 Å². The maximum atomic E-state index is 13.3. The van der Waals surface area contributed by atoms with Gasteiger partial charge in [0.15, 0.2) is 0 Å². The Hall–Kier alpha value is -2.43. The molecule has 0 spiro atoms. The van der Waals surface area contributed by atoms with E-state index in [0.29, 0.717) is 6.54 Å². The van der Waals surface area contributed by atoms with Crippen LogP contribution in [0, 0.1) is 12.7 Å². The van der Waals surface area contributed by atoms with Crippen LogP contribution in [-0.4, -0.2) is 11.0 Å². The molecule has 1 atom stereocenters. The maximum absolute atomic E-state index is 13.3. The van der Waals surface area contributed by atoms with Gasteiger partial charge in [0, 0.05) is 6.20 Å². The van der Waals surface area contributed by atoms with Gasteiger partial charge in [-0.3, -0.25) is 4.98 Å². The highest BCUT2D eigenvalue weighted by molar-refractivity contribution is 5.74. The molecule has 1 aliphatic carbocycles. The van der Waals surface area contributed by atoms with Gasteiger partial charge in [0.05, 0.1) is 18.3 Å². The molecule has 1 unspecified atom stereocenters. The number of nitrogens with one attached hydrogen (secondary N) is 2. The minimum atomic E-state index is -0.267. The monoisotopic (exact) mass is 299 g/mol. The lowest BCUT2D eigenvalue weighted by Crippen LogP contribution is -2.37. The number of urea groups is 1. The third-order valence-electron chi connectivity index (χ3n) is 3.89. The van der Waals surface area contributed by atoms with Crippen LogP contribution >= 0.6 is 0 Å². The van der Waals surface area contributed by atoms with E-state index in [2.05, 4.69) is 15.6 Å². The van der Waals surface area contributed by atoms with Gasteiger partial charge in [-0.2, -0.15) is 0 Å². The van der Waals surface area contributed by atoms with E-state index < -0.39 is 0 Å². The average Bonchev–Trinajstić information content (AvgIpc) is 2.89. The number of hydrogen-bond acceptors (Lipinski definition) is 2. The lowest BCUT2D eigenvalue weighted by Gasteiger charge is -2.15. The molecular formula is C17H18FN3O. The fourth-order valence-electron chi connectivity index (χ4n) is 2.71. The summed E-state index contributed by atoms with van der Waals surface area (Å²) >= 11 is 0. The topological polar surface area (TPSA) is 54.0 Å². The van der Waals surface area contributed by atoms with Gasteiger partial charge in [-0.15, -0.1) is 0 Å². The van der Waals surface area contributed by atoms with Gasteiger partial charge in [0.2, 0.25) is 0 Å². The van der Waals surface area contributed by atoms with Gasteiger partial charge in [0.1, 0.15) is 5.82 Å². The Morgan fingerprint density at radius 3 is 3.00 bits per heavy atom. The van der Waals surface area contributed by atoms with Crippen molar-refractivity contribution in [2.24, 2.45) is 0 Å². The van der Waals surface area contributed by atoms with Gasteiger partial charge in [-0.05, 0) is 54.7 Å². The van der Waals surface area contributed by atoms with Crippen molar-refractivity contribution in [1.29, 1.82) is 0 Å². The van der Waals surface area contributed by atoms with Crippen LogP contribution in [0.3, 0.4) is 0 Å². The normalized spacial score (nSPS) is 16.2. The van der Waals surface area contributed by atoms with Crippen molar-refractivity contribution >= 4 is 6.03 Å². The van der Waals surface area contributed by atoms with Crippen molar-refractivity contribution in [2.45, 2.75) is 32.4 Å². The number of benzene rings is 1. The van der Waals surface area contributed by atoms with Gasteiger partial charge in [0.25, 0.3) is 0 Å². The van der Waals surface area contributed by atoms with Gasteiger partial charge >= 0.3 is 6.03 Å². The van der Waals surface area contributed by atoms with Crippen LogP contribution < -0.4 is 10.6 Å². The first-order chi connectivity index (χ1) is 10.6. The van der Waals surface area contributed by atoms with Crippen LogP contribution in [0.25, 0.3) is 0 Å². The predicted octanol–water partition coefficient (Wildman–Crippen LogP) is 3.02. The summed E-state index contributed by atoms with van der Waals surface area (Å²) in [5.41, 5.74) is 3.87. The molecule has 0 aliphatic heterocycles. The molecule has 0 saturated carbocycles. The second kappa shape index (κ2) is 6.13. The first kappa shape index (κ1) is 14.5. The highest BCUT2D eigenvalue weighted by atomic mass is 19.1. The Kier molecular flexibility index (Phi) is 4.04. The second-order valence-electron chi connectivity index (χ2n) is 5.59. The fourth-order valence-corrected chi connectivity index (χ4v) is 2.71. The molecule has 0 fully saturated rings. The van der Waals surface area contributed by atoms with E-state index in [0.717, 1.165) is 35.2 Å². The Balaban J connectivity index is 1.57. The summed E-state index contributed by atoms with van der Waals surface area (Å²) in [5, 5.41) is 5.68. The number of amides is 2. The van der Waals surface area contributed by atoms with Crippen LogP contribution in [0.15, 0.2) is 36.5 Å². The molecule has 2 aromatic rings. The second-order valence-corrected chi connectivity index (χ2v) is 5.59. The molecule has 1 aromatic heterocycles. The molecule has 22 heavy (non-hydrogen) atoms. The summed E-state index contributed by atoms with van der Waals surface area (Å²) < 4.78 is 13.3. The van der Waals surface area contributed by atoms with Crippen molar-refractivity contribution in [3.05, 3.63) is 64.7 Å². The fraction of sp³-hybridized carbons (Fsp3) is 0.294. The molecule has 1 heterocycles. The standard InChI is InChI=1S/C17H18FN3O/c1-11-2-6-14(19-9-11)10-20-17(22)21-16-7-4-12-3-5-13(18)8-15(12)16/h2-3,5-6,8-9,16H,4,7,10H2,1H3,(H2,20,21,22). The van der Waals surface area contributed by atoms with Gasteiger partial charge in [-0.25, -0.2) is 9.18 Å². The van der Waals surface area contributed by atoms with E-state index >= 15 is 0 Å². The van der Waals surface area contributed by atoms with Crippen molar-refractivity contribution in [2.75, 3.05) is 0 Å². The van der Waals surface area contributed by atoms with Crippen LogP contribution in [-0.2, 0) is 13.0 Å². The zero-order valence-corrected chi connectivity index (χ0v) is 12.4. The lowest BCUT2D eigenvalue weighted by molar-refractivity contribution is 0.236. The molecule has 0 radical (unpaired) electrons. The number of hydrogen-bond donors (Lipinski definition) is 2. The van der Waals surface area contributed by atoms with Crippen molar-refractivity contribution in [1.82, 2.24) is 15.6 Å². The minimum Gasteiger partial charge on any atom is -0.332 e. The largest absolute Gasteiger partial charge is 0.332 e. The highest BCUT2D eigenvalue weighted by Gasteiger charge is 2.24. The number of halogens is 1. The summed E-state index contributed by atoms with van der Waals surface area (Å²) in [5.74, 6) is -0.267. The molecule has 2 N–H and O–H groups in total. The molecule has 1 aromatic carbocycles. The van der Waals surface area contributed by atoms with E-state index in [9.17, 15) is 9.18 Å². The van der Waals surface area contributed by atoms with E-state index in [-0.39, 0.29) is 17.9 Å². The van der Waals surface area contributed by atoms with Crippen LogP contribution in [0.1, 0.15) is 34.8 Å². The van der Waals surface area contributed by atoms with Crippen molar-refractivity contribution in [3.63, 3.8) is 0 Å². The van der Waals surface area contributed by atoms with Crippen molar-refractivity contribution in [3.8, 4) is 0 Å². The Morgan fingerprint density at radius 2 is 2.23 bits per heavy atom. The zero-order valence-electron chi connectivity index (χ0n) is 12.4.